The quantitative estimate of drug-likeness (QED) is 0.467. The van der Waals surface area contributed by atoms with Gasteiger partial charge in [0.05, 0.1) is 0 Å². The van der Waals surface area contributed by atoms with Crippen LogP contribution < -0.4 is 5.32 Å². The molecule has 0 aromatic carbocycles. The zero-order chi connectivity index (χ0) is 4.85. The minimum atomic E-state index is 0.907. The van der Waals surface area contributed by atoms with Gasteiger partial charge in [0.25, 0.3) is 0 Å². The SMILES string of the molecule is C[C@@H]1[C@H]2CN[C@@H]1C2. The fourth-order valence-electron chi connectivity index (χ4n) is 1.73. The Balaban J connectivity index is 2.14. The van der Waals surface area contributed by atoms with Gasteiger partial charge in [-0.1, -0.05) is 6.92 Å². The molecule has 3 rings (SSSR count). The smallest absolute Gasteiger partial charge is 0.00991 e. The average Bonchev–Trinajstić information content (AvgIpc) is 2.18. The lowest BCUT2D eigenvalue weighted by atomic mass is 9.75. The Morgan fingerprint density at radius 1 is 1.57 bits per heavy atom. The number of fused-ring (bicyclic) bond motifs is 1. The van der Waals surface area contributed by atoms with E-state index >= 15 is 0 Å². The highest BCUT2D eigenvalue weighted by Gasteiger charge is 2.43. The first kappa shape index (κ1) is 3.90. The third kappa shape index (κ3) is 0.325. The molecule has 2 saturated heterocycles. The summed E-state index contributed by atoms with van der Waals surface area (Å²) in [6.07, 6.45) is 1.46. The summed E-state index contributed by atoms with van der Waals surface area (Å²) in [7, 11) is 0. The Morgan fingerprint density at radius 2 is 2.43 bits per heavy atom. The summed E-state index contributed by atoms with van der Waals surface area (Å²) in [6, 6.07) is 0.907. The lowest BCUT2D eigenvalue weighted by Gasteiger charge is -2.30. The molecule has 1 heteroatoms. The Hall–Kier alpha value is -0.0400. The Kier molecular flexibility index (Phi) is 0.571. The van der Waals surface area contributed by atoms with Gasteiger partial charge in [-0.25, -0.2) is 0 Å². The third-order valence-corrected chi connectivity index (χ3v) is 2.58. The Bertz CT molecular complexity index is 76.2. The van der Waals surface area contributed by atoms with E-state index in [2.05, 4.69) is 12.2 Å². The van der Waals surface area contributed by atoms with Gasteiger partial charge in [-0.2, -0.15) is 0 Å². The summed E-state index contributed by atoms with van der Waals surface area (Å²) >= 11 is 0. The molecule has 40 valence electrons. The van der Waals surface area contributed by atoms with Crippen LogP contribution in [0.15, 0.2) is 0 Å². The van der Waals surface area contributed by atoms with E-state index in [1.807, 2.05) is 0 Å². The number of nitrogens with one attached hydrogen (secondary N) is 1. The molecule has 3 aliphatic rings. The van der Waals surface area contributed by atoms with Gasteiger partial charge in [-0.05, 0) is 24.8 Å². The van der Waals surface area contributed by atoms with E-state index in [0.717, 1.165) is 17.9 Å². The van der Waals surface area contributed by atoms with E-state index in [1.165, 1.54) is 13.0 Å². The van der Waals surface area contributed by atoms with Crippen LogP contribution in [0.1, 0.15) is 13.3 Å². The summed E-state index contributed by atoms with van der Waals surface area (Å²) in [4.78, 5) is 0. The molecule has 0 radical (unpaired) electrons. The van der Waals surface area contributed by atoms with Crippen LogP contribution >= 0.6 is 0 Å². The van der Waals surface area contributed by atoms with Crippen LogP contribution in [0.3, 0.4) is 0 Å². The number of hydrogen-bond acceptors (Lipinski definition) is 1. The van der Waals surface area contributed by atoms with Gasteiger partial charge in [0.2, 0.25) is 0 Å². The largest absolute Gasteiger partial charge is 0.313 e. The first-order valence-electron chi connectivity index (χ1n) is 3.11. The Labute approximate surface area is 44.1 Å². The van der Waals surface area contributed by atoms with Gasteiger partial charge < -0.3 is 5.32 Å². The van der Waals surface area contributed by atoms with Crippen LogP contribution in [0.25, 0.3) is 0 Å². The van der Waals surface area contributed by atoms with Crippen LogP contribution in [0.2, 0.25) is 0 Å². The van der Waals surface area contributed by atoms with E-state index in [-0.39, 0.29) is 0 Å². The van der Waals surface area contributed by atoms with Gasteiger partial charge in [0.15, 0.2) is 0 Å². The average molecular weight is 97.2 g/mol. The van der Waals surface area contributed by atoms with Crippen LogP contribution in [0, 0.1) is 11.8 Å². The van der Waals surface area contributed by atoms with Crippen molar-refractivity contribution in [2.45, 2.75) is 19.4 Å². The normalized spacial score (nSPS) is 57.0. The summed E-state index contributed by atoms with van der Waals surface area (Å²) in [5, 5.41) is 3.44. The minimum absolute atomic E-state index is 0.907. The van der Waals surface area contributed by atoms with E-state index in [9.17, 15) is 0 Å². The monoisotopic (exact) mass is 97.1 g/mol. The summed E-state index contributed by atoms with van der Waals surface area (Å²) in [5.74, 6) is 2.05. The molecule has 7 heavy (non-hydrogen) atoms. The van der Waals surface area contributed by atoms with E-state index in [1.54, 1.807) is 0 Å². The van der Waals surface area contributed by atoms with Crippen LogP contribution in [0.4, 0.5) is 0 Å². The standard InChI is InChI=1S/C6H11N/c1-4-5-2-6(4)7-3-5/h4-7H,2-3H2,1H3/t4-,5-,6-/m1/s1. The highest BCUT2D eigenvalue weighted by Crippen LogP contribution is 2.39. The van der Waals surface area contributed by atoms with E-state index in [0.29, 0.717) is 0 Å². The fraction of sp³-hybridized carbons (Fsp3) is 1.00. The predicted octanol–water partition coefficient (Wildman–Crippen LogP) is 0.614. The zero-order valence-corrected chi connectivity index (χ0v) is 4.65. The molecular weight excluding hydrogens is 86.1 g/mol. The molecule has 2 bridgehead atoms. The van der Waals surface area contributed by atoms with Crippen molar-refractivity contribution in [1.29, 1.82) is 0 Å². The summed E-state index contributed by atoms with van der Waals surface area (Å²) in [6.45, 7) is 3.64. The first-order chi connectivity index (χ1) is 3.38. The van der Waals surface area contributed by atoms with Crippen molar-refractivity contribution in [3.05, 3.63) is 0 Å². The number of hydrogen-bond donors (Lipinski definition) is 1. The maximum atomic E-state index is 3.44. The molecule has 1 aliphatic carbocycles. The highest BCUT2D eigenvalue weighted by atomic mass is 15.0. The molecule has 2 aliphatic heterocycles. The first-order valence-corrected chi connectivity index (χ1v) is 3.11. The molecule has 3 atom stereocenters. The summed E-state index contributed by atoms with van der Waals surface area (Å²) in [5.41, 5.74) is 0. The molecule has 0 amide bonds. The lowest BCUT2D eigenvalue weighted by molar-refractivity contribution is 0.239. The maximum Gasteiger partial charge on any atom is 0.00991 e. The van der Waals surface area contributed by atoms with E-state index in [4.69, 9.17) is 0 Å². The van der Waals surface area contributed by atoms with Gasteiger partial charge in [0, 0.05) is 6.04 Å². The molecule has 1 nitrogen and oxygen atoms in total. The molecule has 0 spiro atoms. The number of rotatable bonds is 0. The molecule has 0 aromatic heterocycles. The molecule has 2 heterocycles. The van der Waals surface area contributed by atoms with Crippen LogP contribution in [-0.4, -0.2) is 12.6 Å². The van der Waals surface area contributed by atoms with Crippen molar-refractivity contribution in [1.82, 2.24) is 5.32 Å². The van der Waals surface area contributed by atoms with Gasteiger partial charge in [-0.15, -0.1) is 0 Å². The van der Waals surface area contributed by atoms with Crippen molar-refractivity contribution in [2.24, 2.45) is 11.8 Å². The van der Waals surface area contributed by atoms with Crippen molar-refractivity contribution in [2.75, 3.05) is 6.54 Å². The zero-order valence-electron chi connectivity index (χ0n) is 4.65. The van der Waals surface area contributed by atoms with Crippen molar-refractivity contribution >= 4 is 0 Å². The lowest BCUT2D eigenvalue weighted by Crippen LogP contribution is -2.34. The van der Waals surface area contributed by atoms with Crippen molar-refractivity contribution in [3.8, 4) is 0 Å². The van der Waals surface area contributed by atoms with Crippen molar-refractivity contribution in [3.63, 3.8) is 0 Å². The predicted molar refractivity (Wildman–Crippen MR) is 29.1 cm³/mol. The van der Waals surface area contributed by atoms with Crippen LogP contribution in [0.5, 0.6) is 0 Å². The summed E-state index contributed by atoms with van der Waals surface area (Å²) < 4.78 is 0. The fourth-order valence-corrected chi connectivity index (χ4v) is 1.73. The van der Waals surface area contributed by atoms with Crippen LogP contribution in [-0.2, 0) is 0 Å². The van der Waals surface area contributed by atoms with Gasteiger partial charge in [0.1, 0.15) is 0 Å². The molecule has 1 saturated carbocycles. The molecule has 0 unspecified atom stereocenters. The van der Waals surface area contributed by atoms with Gasteiger partial charge >= 0.3 is 0 Å². The van der Waals surface area contributed by atoms with Gasteiger partial charge in [-0.3, -0.25) is 0 Å². The molecule has 0 aromatic rings. The van der Waals surface area contributed by atoms with E-state index < -0.39 is 0 Å². The minimum Gasteiger partial charge on any atom is -0.313 e. The second-order valence-corrected chi connectivity index (χ2v) is 2.87. The Morgan fingerprint density at radius 3 is 2.57 bits per heavy atom. The second-order valence-electron chi connectivity index (χ2n) is 2.87. The molecular formula is C6H11N. The third-order valence-electron chi connectivity index (χ3n) is 2.58. The highest BCUT2D eigenvalue weighted by molar-refractivity contribution is 4.99. The topological polar surface area (TPSA) is 12.0 Å². The molecule has 3 fully saturated rings. The second kappa shape index (κ2) is 1.03. The molecule has 1 N–H and O–H groups in total. The van der Waals surface area contributed by atoms with Crippen molar-refractivity contribution < 1.29 is 0 Å². The maximum absolute atomic E-state index is 3.44.